The molecule has 0 spiro atoms. The lowest BCUT2D eigenvalue weighted by molar-refractivity contribution is -0.131. The number of unbranched alkanes of at least 4 members (excludes halogenated alkanes) is 1. The molecule has 1 aromatic rings. The molecule has 1 aromatic heterocycles. The van der Waals surface area contributed by atoms with Gasteiger partial charge in [-0.15, -0.1) is 24.0 Å². The Morgan fingerprint density at radius 1 is 1.15 bits per heavy atom. The second kappa shape index (κ2) is 13.5. The summed E-state index contributed by atoms with van der Waals surface area (Å²) in [6.45, 7) is 9.37. The topological polar surface area (TPSA) is 85.8 Å². The van der Waals surface area contributed by atoms with Crippen molar-refractivity contribution in [2.45, 2.75) is 33.1 Å². The number of nitrogens with one attached hydrogen (secondary N) is 2. The van der Waals surface area contributed by atoms with Crippen molar-refractivity contribution in [1.82, 2.24) is 25.5 Å². The van der Waals surface area contributed by atoms with Crippen LogP contribution in [0.1, 0.15) is 33.1 Å². The van der Waals surface area contributed by atoms with Crippen LogP contribution < -0.4 is 15.5 Å². The number of piperazine rings is 1. The summed E-state index contributed by atoms with van der Waals surface area (Å²) in [4.78, 5) is 29.5. The van der Waals surface area contributed by atoms with Gasteiger partial charge in [-0.05, 0) is 19.4 Å². The van der Waals surface area contributed by atoms with E-state index in [0.717, 1.165) is 50.9 Å². The van der Waals surface area contributed by atoms with Gasteiger partial charge in [-0.2, -0.15) is 0 Å². The van der Waals surface area contributed by atoms with Crippen LogP contribution in [0.2, 0.25) is 0 Å². The van der Waals surface area contributed by atoms with E-state index in [4.69, 9.17) is 0 Å². The van der Waals surface area contributed by atoms with E-state index in [9.17, 15) is 4.79 Å². The minimum atomic E-state index is 0. The molecule has 1 amide bonds. The maximum absolute atomic E-state index is 12.4. The largest absolute Gasteiger partial charge is 0.357 e. The summed E-state index contributed by atoms with van der Waals surface area (Å²) in [5.74, 6) is 1.70. The lowest BCUT2D eigenvalue weighted by Crippen LogP contribution is -2.50. The number of carbonyl (C=O) groups is 1. The van der Waals surface area contributed by atoms with Gasteiger partial charge in [0.05, 0.1) is 0 Å². The standard InChI is InChI=1S/C18H31N7O.HI/c1-3-5-8-20-17(19-4-2)21-11-7-16(26)24-12-14-25(15-13-24)18-22-9-6-10-23-18;/h6,9-10H,3-5,7-8,11-15H2,1-2H3,(H2,19,20,21);1H. The molecule has 1 fully saturated rings. The molecule has 2 heterocycles. The number of nitrogens with zero attached hydrogens (tertiary/aromatic N) is 5. The van der Waals surface area contributed by atoms with Crippen molar-refractivity contribution in [3.63, 3.8) is 0 Å². The minimum Gasteiger partial charge on any atom is -0.357 e. The summed E-state index contributed by atoms with van der Waals surface area (Å²) in [5, 5.41) is 6.46. The summed E-state index contributed by atoms with van der Waals surface area (Å²) in [6.07, 6.45) is 6.16. The van der Waals surface area contributed by atoms with Gasteiger partial charge < -0.3 is 20.4 Å². The van der Waals surface area contributed by atoms with Crippen molar-refractivity contribution in [1.29, 1.82) is 0 Å². The molecule has 0 atom stereocenters. The number of aliphatic imine (C=N–C) groups is 1. The molecule has 0 bridgehead atoms. The van der Waals surface area contributed by atoms with Crippen LogP contribution in [0.15, 0.2) is 23.5 Å². The summed E-state index contributed by atoms with van der Waals surface area (Å²) in [6, 6.07) is 1.81. The zero-order valence-electron chi connectivity index (χ0n) is 16.4. The van der Waals surface area contributed by atoms with E-state index >= 15 is 0 Å². The number of guanidine groups is 1. The molecule has 0 aromatic carbocycles. The molecule has 8 nitrogen and oxygen atoms in total. The van der Waals surface area contributed by atoms with Crippen LogP contribution in [0, 0.1) is 0 Å². The van der Waals surface area contributed by atoms with Crippen LogP contribution in [0.4, 0.5) is 5.95 Å². The zero-order chi connectivity index (χ0) is 18.6. The van der Waals surface area contributed by atoms with Crippen molar-refractivity contribution >= 4 is 41.8 Å². The van der Waals surface area contributed by atoms with Gasteiger partial charge in [-0.1, -0.05) is 13.3 Å². The van der Waals surface area contributed by atoms with Crippen LogP contribution >= 0.6 is 24.0 Å². The van der Waals surface area contributed by atoms with Crippen molar-refractivity contribution in [2.75, 3.05) is 50.7 Å². The quantitative estimate of drug-likeness (QED) is 0.249. The van der Waals surface area contributed by atoms with E-state index in [1.807, 2.05) is 17.9 Å². The van der Waals surface area contributed by atoms with Gasteiger partial charge >= 0.3 is 0 Å². The van der Waals surface area contributed by atoms with E-state index < -0.39 is 0 Å². The third-order valence-electron chi connectivity index (χ3n) is 4.22. The van der Waals surface area contributed by atoms with Gasteiger partial charge in [-0.3, -0.25) is 9.79 Å². The monoisotopic (exact) mass is 489 g/mol. The Morgan fingerprint density at radius 3 is 2.48 bits per heavy atom. The summed E-state index contributed by atoms with van der Waals surface area (Å²) >= 11 is 0. The second-order valence-corrected chi connectivity index (χ2v) is 6.21. The molecule has 0 saturated carbocycles. The number of hydrogen-bond acceptors (Lipinski definition) is 5. The molecule has 2 rings (SSSR count). The number of carbonyl (C=O) groups excluding carboxylic acids is 1. The van der Waals surface area contributed by atoms with E-state index in [1.54, 1.807) is 12.4 Å². The molecule has 27 heavy (non-hydrogen) atoms. The number of halogens is 1. The first-order valence-corrected chi connectivity index (χ1v) is 9.56. The van der Waals surface area contributed by atoms with Crippen LogP contribution in [-0.4, -0.2) is 72.5 Å². The fourth-order valence-electron chi connectivity index (χ4n) is 2.75. The summed E-state index contributed by atoms with van der Waals surface area (Å²) in [5.41, 5.74) is 0. The predicted molar refractivity (Wildman–Crippen MR) is 120 cm³/mol. The van der Waals surface area contributed by atoms with Gasteiger partial charge in [0.15, 0.2) is 5.96 Å². The van der Waals surface area contributed by atoms with E-state index in [-0.39, 0.29) is 29.9 Å². The molecule has 1 saturated heterocycles. The van der Waals surface area contributed by atoms with Crippen molar-refractivity contribution in [2.24, 2.45) is 4.99 Å². The second-order valence-electron chi connectivity index (χ2n) is 6.21. The molecular formula is C18H32IN7O. The maximum atomic E-state index is 12.4. The number of amides is 1. The first kappa shape index (κ1) is 23.4. The van der Waals surface area contributed by atoms with Crippen LogP contribution in [0.3, 0.4) is 0 Å². The molecule has 2 N–H and O–H groups in total. The highest BCUT2D eigenvalue weighted by Gasteiger charge is 2.22. The van der Waals surface area contributed by atoms with Crippen molar-refractivity contribution in [3.8, 4) is 0 Å². The summed E-state index contributed by atoms with van der Waals surface area (Å²) in [7, 11) is 0. The molecule has 0 radical (unpaired) electrons. The van der Waals surface area contributed by atoms with E-state index in [1.165, 1.54) is 0 Å². The molecule has 1 aliphatic heterocycles. The van der Waals surface area contributed by atoms with Crippen LogP contribution in [0.5, 0.6) is 0 Å². The Bertz CT molecular complexity index is 562. The van der Waals surface area contributed by atoms with Crippen LogP contribution in [0.25, 0.3) is 0 Å². The Labute approximate surface area is 179 Å². The number of aromatic nitrogens is 2. The number of anilines is 1. The van der Waals surface area contributed by atoms with Gasteiger partial charge in [0, 0.05) is 64.6 Å². The molecule has 0 aliphatic carbocycles. The van der Waals surface area contributed by atoms with E-state index in [0.29, 0.717) is 26.1 Å². The number of rotatable bonds is 8. The van der Waals surface area contributed by atoms with Crippen molar-refractivity contribution < 1.29 is 4.79 Å². The zero-order valence-corrected chi connectivity index (χ0v) is 18.7. The maximum Gasteiger partial charge on any atom is 0.225 e. The number of hydrogen-bond donors (Lipinski definition) is 2. The van der Waals surface area contributed by atoms with Crippen molar-refractivity contribution in [3.05, 3.63) is 18.5 Å². The fraction of sp³-hybridized carbons (Fsp3) is 0.667. The highest BCUT2D eigenvalue weighted by atomic mass is 127. The minimum absolute atomic E-state index is 0. The molecule has 152 valence electrons. The lowest BCUT2D eigenvalue weighted by Gasteiger charge is -2.34. The Hall–Kier alpha value is -1.65. The smallest absolute Gasteiger partial charge is 0.225 e. The van der Waals surface area contributed by atoms with Gasteiger partial charge in [-0.25, -0.2) is 9.97 Å². The first-order chi connectivity index (χ1) is 12.7. The SMILES string of the molecule is CCCCN=C(NCC)NCCC(=O)N1CCN(c2ncccn2)CC1.I. The van der Waals surface area contributed by atoms with E-state index in [2.05, 4.69) is 37.4 Å². The normalized spacial score (nSPS) is 14.5. The average molecular weight is 489 g/mol. The fourth-order valence-corrected chi connectivity index (χ4v) is 2.75. The highest BCUT2D eigenvalue weighted by Crippen LogP contribution is 2.10. The predicted octanol–water partition coefficient (Wildman–Crippen LogP) is 1.49. The Balaban J connectivity index is 0.00000364. The van der Waals surface area contributed by atoms with Gasteiger partial charge in [0.2, 0.25) is 11.9 Å². The Morgan fingerprint density at radius 2 is 1.85 bits per heavy atom. The summed E-state index contributed by atoms with van der Waals surface area (Å²) < 4.78 is 0. The molecule has 1 aliphatic rings. The average Bonchev–Trinajstić information content (AvgIpc) is 2.69. The van der Waals surface area contributed by atoms with Gasteiger partial charge in [0.25, 0.3) is 0 Å². The molecular weight excluding hydrogens is 457 g/mol. The lowest BCUT2D eigenvalue weighted by atomic mass is 10.3. The van der Waals surface area contributed by atoms with Crippen LogP contribution in [-0.2, 0) is 4.79 Å². The highest BCUT2D eigenvalue weighted by molar-refractivity contribution is 14.0. The third kappa shape index (κ3) is 8.27. The first-order valence-electron chi connectivity index (χ1n) is 9.56. The third-order valence-corrected chi connectivity index (χ3v) is 4.22. The Kier molecular flexibility index (Phi) is 11.7. The van der Waals surface area contributed by atoms with Gasteiger partial charge in [0.1, 0.15) is 0 Å². The molecule has 0 unspecified atom stereocenters. The molecule has 9 heteroatoms.